The molecule has 1 N–H and O–H groups in total. The van der Waals surface area contributed by atoms with Crippen LogP contribution in [-0.2, 0) is 11.2 Å². The summed E-state index contributed by atoms with van der Waals surface area (Å²) in [5.74, 6) is 1.25. The van der Waals surface area contributed by atoms with Gasteiger partial charge in [-0.25, -0.2) is 0 Å². The summed E-state index contributed by atoms with van der Waals surface area (Å²) in [4.78, 5) is 14.9. The van der Waals surface area contributed by atoms with Crippen molar-refractivity contribution in [2.75, 3.05) is 32.8 Å². The van der Waals surface area contributed by atoms with Crippen LogP contribution in [0.2, 0.25) is 5.02 Å². The number of nitrogens with zero attached hydrogens (tertiary/aromatic N) is 1. The van der Waals surface area contributed by atoms with Crippen LogP contribution in [0.4, 0.5) is 0 Å². The van der Waals surface area contributed by atoms with Crippen molar-refractivity contribution in [2.45, 2.75) is 45.1 Å². The molecule has 1 aromatic carbocycles. The summed E-state index contributed by atoms with van der Waals surface area (Å²) in [7, 11) is 0. The molecule has 6 heteroatoms. The van der Waals surface area contributed by atoms with E-state index in [4.69, 9.17) is 21.1 Å². The molecule has 1 saturated heterocycles. The summed E-state index contributed by atoms with van der Waals surface area (Å²) in [5.41, 5.74) is 0.854. The second-order valence-electron chi connectivity index (χ2n) is 6.82. The van der Waals surface area contributed by atoms with Crippen LogP contribution in [0, 0.1) is 0 Å². The van der Waals surface area contributed by atoms with Crippen LogP contribution >= 0.6 is 11.6 Å². The van der Waals surface area contributed by atoms with E-state index in [2.05, 4.69) is 17.1 Å². The van der Waals surface area contributed by atoms with E-state index >= 15 is 0 Å². The molecule has 5 nitrogen and oxygen atoms in total. The number of hydrogen-bond acceptors (Lipinski definition) is 4. The van der Waals surface area contributed by atoms with E-state index in [0.29, 0.717) is 36.2 Å². The van der Waals surface area contributed by atoms with Gasteiger partial charge in [0.25, 0.3) is 0 Å². The van der Waals surface area contributed by atoms with Crippen LogP contribution in [0.1, 0.15) is 38.2 Å². The maximum absolute atomic E-state index is 12.4. The molecule has 0 unspecified atom stereocenters. The van der Waals surface area contributed by atoms with Crippen molar-refractivity contribution >= 4 is 17.5 Å². The number of halogens is 1. The van der Waals surface area contributed by atoms with Crippen molar-refractivity contribution in [1.29, 1.82) is 0 Å². The van der Waals surface area contributed by atoms with Crippen molar-refractivity contribution in [3.05, 3.63) is 22.7 Å². The van der Waals surface area contributed by atoms with Gasteiger partial charge in [0.2, 0.25) is 5.91 Å². The lowest BCUT2D eigenvalue weighted by atomic mass is 10.0. The Morgan fingerprint density at radius 1 is 1.28 bits per heavy atom. The number of carbonyl (C=O) groups excluding carboxylic acids is 1. The Kier molecular flexibility index (Phi) is 6.43. The molecule has 1 amide bonds. The standard InChI is InChI=1S/C19H27ClN2O3/c1-2-3-6-22-7-4-15(5-8-22)21-18(23)13-14-11-16(20)19-17(12-14)24-9-10-25-19/h11-12,15H,2-10,13H2,1H3,(H,21,23). The van der Waals surface area contributed by atoms with Gasteiger partial charge in [0.1, 0.15) is 13.2 Å². The minimum absolute atomic E-state index is 0.0414. The Balaban J connectivity index is 1.49. The minimum Gasteiger partial charge on any atom is -0.486 e. The Morgan fingerprint density at radius 2 is 2.04 bits per heavy atom. The van der Waals surface area contributed by atoms with E-state index in [1.54, 1.807) is 6.07 Å². The van der Waals surface area contributed by atoms with E-state index in [9.17, 15) is 4.79 Å². The number of ether oxygens (including phenoxy) is 2. The molecule has 25 heavy (non-hydrogen) atoms. The average Bonchev–Trinajstić information content (AvgIpc) is 2.61. The molecule has 2 aliphatic heterocycles. The summed E-state index contributed by atoms with van der Waals surface area (Å²) in [5, 5.41) is 3.67. The third kappa shape index (κ3) is 5.02. The Bertz CT molecular complexity index is 601. The van der Waals surface area contributed by atoms with E-state index in [1.165, 1.54) is 19.4 Å². The Hall–Kier alpha value is -1.46. The topological polar surface area (TPSA) is 50.8 Å². The average molecular weight is 367 g/mol. The first-order chi connectivity index (χ1) is 12.2. The monoisotopic (exact) mass is 366 g/mol. The van der Waals surface area contributed by atoms with E-state index in [0.717, 1.165) is 31.5 Å². The first-order valence-corrected chi connectivity index (χ1v) is 9.63. The zero-order valence-corrected chi connectivity index (χ0v) is 15.6. The summed E-state index contributed by atoms with van der Waals surface area (Å²) >= 11 is 6.24. The van der Waals surface area contributed by atoms with Gasteiger partial charge in [-0.05, 0) is 43.5 Å². The summed E-state index contributed by atoms with van der Waals surface area (Å²) in [6, 6.07) is 3.92. The molecule has 3 rings (SSSR count). The minimum atomic E-state index is 0.0414. The van der Waals surface area contributed by atoms with Crippen LogP contribution in [0.25, 0.3) is 0 Å². The summed E-state index contributed by atoms with van der Waals surface area (Å²) in [6.45, 7) is 6.55. The molecular weight excluding hydrogens is 340 g/mol. The molecule has 1 fully saturated rings. The van der Waals surface area contributed by atoms with Crippen LogP contribution in [0.5, 0.6) is 11.5 Å². The molecule has 1 aromatic rings. The molecular formula is C19H27ClN2O3. The van der Waals surface area contributed by atoms with Crippen LogP contribution in [-0.4, -0.2) is 49.7 Å². The van der Waals surface area contributed by atoms with E-state index in [-0.39, 0.29) is 11.9 Å². The van der Waals surface area contributed by atoms with Crippen LogP contribution < -0.4 is 14.8 Å². The fourth-order valence-electron chi connectivity index (χ4n) is 3.41. The molecule has 0 radical (unpaired) electrons. The highest BCUT2D eigenvalue weighted by Gasteiger charge is 2.21. The predicted molar refractivity (Wildman–Crippen MR) is 98.7 cm³/mol. The number of piperidine rings is 1. The SMILES string of the molecule is CCCCN1CCC(NC(=O)Cc2cc(Cl)c3c(c2)OCCO3)CC1. The highest BCUT2D eigenvalue weighted by Crippen LogP contribution is 2.38. The van der Waals surface area contributed by atoms with E-state index < -0.39 is 0 Å². The number of unbranched alkanes of at least 4 members (excludes halogenated alkanes) is 1. The van der Waals surface area contributed by atoms with Gasteiger partial charge in [-0.2, -0.15) is 0 Å². The summed E-state index contributed by atoms with van der Waals surface area (Å²) in [6.07, 6.45) is 4.85. The van der Waals surface area contributed by atoms with Crippen molar-refractivity contribution in [2.24, 2.45) is 0 Å². The molecule has 138 valence electrons. The lowest BCUT2D eigenvalue weighted by molar-refractivity contribution is -0.121. The molecule has 0 saturated carbocycles. The number of fused-ring (bicyclic) bond motifs is 1. The van der Waals surface area contributed by atoms with Gasteiger partial charge >= 0.3 is 0 Å². The molecule has 0 spiro atoms. The lowest BCUT2D eigenvalue weighted by Gasteiger charge is -2.32. The second kappa shape index (κ2) is 8.77. The molecule has 0 bridgehead atoms. The number of hydrogen-bond donors (Lipinski definition) is 1. The third-order valence-electron chi connectivity index (χ3n) is 4.80. The molecule has 0 aromatic heterocycles. The van der Waals surface area contributed by atoms with Crippen LogP contribution in [0.15, 0.2) is 12.1 Å². The zero-order chi connectivity index (χ0) is 17.6. The Morgan fingerprint density at radius 3 is 2.80 bits per heavy atom. The van der Waals surface area contributed by atoms with Gasteiger partial charge in [-0.3, -0.25) is 4.79 Å². The number of amides is 1. The largest absolute Gasteiger partial charge is 0.486 e. The number of carbonyl (C=O) groups is 1. The highest BCUT2D eigenvalue weighted by molar-refractivity contribution is 6.32. The normalized spacial score (nSPS) is 18.2. The van der Waals surface area contributed by atoms with Gasteiger partial charge in [0, 0.05) is 19.1 Å². The fraction of sp³-hybridized carbons (Fsp3) is 0.632. The maximum Gasteiger partial charge on any atom is 0.224 e. The first-order valence-electron chi connectivity index (χ1n) is 9.25. The van der Waals surface area contributed by atoms with Crippen molar-refractivity contribution < 1.29 is 14.3 Å². The molecule has 0 atom stereocenters. The highest BCUT2D eigenvalue weighted by atomic mass is 35.5. The van der Waals surface area contributed by atoms with Gasteiger partial charge in [0.15, 0.2) is 11.5 Å². The molecule has 0 aliphatic carbocycles. The number of rotatable bonds is 6. The van der Waals surface area contributed by atoms with E-state index in [1.807, 2.05) is 6.07 Å². The maximum atomic E-state index is 12.4. The molecule has 2 heterocycles. The van der Waals surface area contributed by atoms with Crippen molar-refractivity contribution in [3.63, 3.8) is 0 Å². The van der Waals surface area contributed by atoms with Crippen molar-refractivity contribution in [1.82, 2.24) is 10.2 Å². The quantitative estimate of drug-likeness (QED) is 0.840. The number of benzene rings is 1. The lowest BCUT2D eigenvalue weighted by Crippen LogP contribution is -2.45. The van der Waals surface area contributed by atoms with Gasteiger partial charge < -0.3 is 19.7 Å². The van der Waals surface area contributed by atoms with Crippen LogP contribution in [0.3, 0.4) is 0 Å². The predicted octanol–water partition coefficient (Wildman–Crippen LogP) is 3.03. The zero-order valence-electron chi connectivity index (χ0n) is 14.9. The number of nitrogens with one attached hydrogen (secondary N) is 1. The number of likely N-dealkylation sites (tertiary alicyclic amines) is 1. The van der Waals surface area contributed by atoms with Gasteiger partial charge in [-0.1, -0.05) is 24.9 Å². The van der Waals surface area contributed by atoms with Gasteiger partial charge in [0.05, 0.1) is 11.4 Å². The van der Waals surface area contributed by atoms with Gasteiger partial charge in [-0.15, -0.1) is 0 Å². The third-order valence-corrected chi connectivity index (χ3v) is 5.08. The fourth-order valence-corrected chi connectivity index (χ4v) is 3.70. The first kappa shape index (κ1) is 18.3. The summed E-state index contributed by atoms with van der Waals surface area (Å²) < 4.78 is 11.1. The van der Waals surface area contributed by atoms with Crippen molar-refractivity contribution in [3.8, 4) is 11.5 Å². The molecule has 2 aliphatic rings. The Labute approximate surface area is 154 Å². The smallest absolute Gasteiger partial charge is 0.224 e. The second-order valence-corrected chi connectivity index (χ2v) is 7.22.